The van der Waals surface area contributed by atoms with E-state index >= 15 is 0 Å². The average Bonchev–Trinajstić information content (AvgIpc) is 1.71. The smallest absolute Gasteiger partial charge is 0.335 e. The van der Waals surface area contributed by atoms with Crippen molar-refractivity contribution in [1.82, 2.24) is 0 Å². The van der Waals surface area contributed by atoms with E-state index in [1.807, 2.05) is 115 Å². The maximum atomic E-state index is 11.4. The normalized spacial score (nSPS) is 9.53. The van der Waals surface area contributed by atoms with Crippen LogP contribution in [0.5, 0.6) is 21.6 Å². The van der Waals surface area contributed by atoms with Gasteiger partial charge in [-0.3, -0.25) is 0 Å². The molecule has 0 unspecified atom stereocenters. The Labute approximate surface area is 664 Å². The van der Waals surface area contributed by atoms with Gasteiger partial charge in [-0.05, 0) is 186 Å². The third-order valence-electron chi connectivity index (χ3n) is 13.1. The second-order valence-corrected chi connectivity index (χ2v) is 27.0. The van der Waals surface area contributed by atoms with E-state index in [-0.39, 0.29) is 104 Å². The van der Waals surface area contributed by atoms with Crippen LogP contribution in [0.2, 0.25) is 0 Å². The van der Waals surface area contributed by atoms with Gasteiger partial charge < -0.3 is 56.8 Å². The fourth-order valence-electron chi connectivity index (χ4n) is 7.43. The van der Waals surface area contributed by atoms with Gasteiger partial charge in [-0.15, -0.1) is 22.7 Å². The number of carbonyl (C=O) groups is 8. The number of thiophene rings is 4. The van der Waals surface area contributed by atoms with E-state index in [1.54, 1.807) is 108 Å². The van der Waals surface area contributed by atoms with Gasteiger partial charge in [0.2, 0.25) is 27.2 Å². The number of carbonyl (C=O) groups excluding carboxylic acids is 8. The summed E-state index contributed by atoms with van der Waals surface area (Å²) in [5, 5.41) is 1.28. The molecule has 0 fully saturated rings. The van der Waals surface area contributed by atoms with Gasteiger partial charge in [0.25, 0.3) is 0 Å². The molecule has 0 amide bonds. The summed E-state index contributed by atoms with van der Waals surface area (Å²) in [5.74, 6) is -2.36. The highest BCUT2D eigenvalue weighted by Crippen LogP contribution is 2.36. The van der Waals surface area contributed by atoms with Crippen LogP contribution in [0, 0.1) is 0 Å². The molecule has 0 saturated carbocycles. The Morgan fingerprint density at radius 3 is 0.709 bits per heavy atom. The van der Waals surface area contributed by atoms with Gasteiger partial charge in [0.15, 0.2) is 10.1 Å². The Morgan fingerprint density at radius 1 is 0.245 bits per heavy atom. The molecule has 0 aliphatic rings. The molecule has 110 heavy (non-hydrogen) atoms. The first-order valence-electron chi connectivity index (χ1n) is 31.4. The standard InChI is InChI=1S/C20H20O6S.2C20H20O5S.C20H20O4S.6CH4/c1-13(2)19(21)25-11-23-16-7-5-15(6-8-16)17-9-10-18(27-17)24-12-26-20(22)14(3)4;1-13(2)19(21)23-11-17-9-10-18(26-17)15-5-7-16(8-6-15)24-12-25-20(22)14(3)4;1-13(2)19(21)23-11-15-5-7-16(8-6-15)17-9-10-18(26-17)24-12-25-20(22)14(3)4;1-13(2)19(21)23-11-15-5-7-16(8-6-15)18-10-9-17(25-18)12-24-20(22)14(3)4;;;;;;/h5-10H,1,3,11-12H2,2,4H3;2*5-10H,1,3,11-12H2,2,4H3;5-10H,1,3,11-12H2,2,4H3;6*1H4. The molecule has 0 atom stereocenters. The van der Waals surface area contributed by atoms with Crippen LogP contribution in [0.15, 0.2) is 243 Å². The van der Waals surface area contributed by atoms with Crippen LogP contribution in [0.25, 0.3) is 41.8 Å². The summed E-state index contributed by atoms with van der Waals surface area (Å²) >= 11 is 5.97. The molecule has 4 heterocycles. The lowest BCUT2D eigenvalue weighted by atomic mass is 10.1. The first-order valence-corrected chi connectivity index (χ1v) is 34.6. The topological polar surface area (TPSA) is 247 Å². The molecule has 592 valence electrons. The van der Waals surface area contributed by atoms with Crippen LogP contribution < -0.4 is 18.9 Å². The molecule has 4 aromatic carbocycles. The minimum Gasteiger partial charge on any atom is -0.457 e. The van der Waals surface area contributed by atoms with Crippen molar-refractivity contribution in [3.05, 3.63) is 264 Å². The Kier molecular flexibility index (Phi) is 47.3. The van der Waals surface area contributed by atoms with Gasteiger partial charge in [-0.25, -0.2) is 38.4 Å². The zero-order chi connectivity index (χ0) is 76.4. The van der Waals surface area contributed by atoms with Crippen molar-refractivity contribution in [2.45, 2.75) is 126 Å². The molecule has 0 radical (unpaired) electrons. The lowest BCUT2D eigenvalue weighted by molar-refractivity contribution is -0.146. The first-order chi connectivity index (χ1) is 49.5. The summed E-state index contributed by atoms with van der Waals surface area (Å²) in [6.07, 6.45) is 0. The summed E-state index contributed by atoms with van der Waals surface area (Å²) in [4.78, 5) is 96.8. The molecular weight excluding hydrogens is 1480 g/mol. The second-order valence-electron chi connectivity index (χ2n) is 22.5. The highest BCUT2D eigenvalue weighted by molar-refractivity contribution is 7.17. The van der Waals surface area contributed by atoms with E-state index in [0.717, 1.165) is 62.6 Å². The quantitative estimate of drug-likeness (QED) is 0.0164. The van der Waals surface area contributed by atoms with Crippen LogP contribution in [0.1, 0.15) is 121 Å². The molecule has 0 bridgehead atoms. The summed E-state index contributed by atoms with van der Waals surface area (Å²) in [6, 6.07) is 45.5. The van der Waals surface area contributed by atoms with Gasteiger partial charge in [0, 0.05) is 73.8 Å². The number of esters is 8. The monoisotopic (exact) mass is 1580 g/mol. The van der Waals surface area contributed by atoms with Gasteiger partial charge in [0.05, 0.1) is 0 Å². The van der Waals surface area contributed by atoms with Crippen molar-refractivity contribution in [3.8, 4) is 63.4 Å². The van der Waals surface area contributed by atoms with Crippen molar-refractivity contribution < 1.29 is 95.2 Å². The van der Waals surface area contributed by atoms with E-state index < -0.39 is 41.8 Å². The number of hydrogen-bond donors (Lipinski definition) is 0. The fourth-order valence-corrected chi connectivity index (χ4v) is 11.0. The molecular formula is C86H104O20S4. The number of rotatable bonds is 32. The summed E-state index contributed by atoms with van der Waals surface area (Å²) in [7, 11) is 0. The largest absolute Gasteiger partial charge is 0.457 e. The Hall–Kier alpha value is -11.4. The zero-order valence-corrected chi connectivity index (χ0v) is 62.2. The number of benzene rings is 4. The van der Waals surface area contributed by atoms with Crippen molar-refractivity contribution in [2.24, 2.45) is 0 Å². The van der Waals surface area contributed by atoms with Crippen LogP contribution in [-0.4, -0.2) is 74.9 Å². The van der Waals surface area contributed by atoms with E-state index in [4.69, 9.17) is 56.8 Å². The van der Waals surface area contributed by atoms with Crippen molar-refractivity contribution in [1.29, 1.82) is 0 Å². The molecule has 0 spiro atoms. The lowest BCUT2D eigenvalue weighted by Gasteiger charge is -2.07. The molecule has 4 aromatic heterocycles. The predicted octanol–water partition coefficient (Wildman–Crippen LogP) is 21.8. The maximum absolute atomic E-state index is 11.4. The lowest BCUT2D eigenvalue weighted by Crippen LogP contribution is -2.10. The minimum absolute atomic E-state index is 0. The van der Waals surface area contributed by atoms with E-state index in [1.165, 1.54) is 22.7 Å². The molecule has 20 nitrogen and oxygen atoms in total. The summed E-state index contributed by atoms with van der Waals surface area (Å²) in [5.41, 5.74) is 8.67. The van der Waals surface area contributed by atoms with E-state index in [2.05, 4.69) is 52.6 Å². The SMILES string of the molecule is C.C.C.C.C.C.C=C(C)C(=O)OCOc1ccc(-c2ccc(COC(=O)C(=C)C)cc2)s1.C=C(C)C(=O)OCOc1ccc(-c2ccc(COC(=O)C(=C)C)s2)cc1.C=C(C)C(=O)OCOc1ccc(-c2ccc(OCOC(=O)C(=C)C)s2)cc1.C=C(C)C(=O)OCc1ccc(-c2ccc(COC(=O)C(=C)C)s2)cc1. The average molecular weight is 1590 g/mol. The molecule has 0 aliphatic heterocycles. The molecule has 24 heteroatoms. The van der Waals surface area contributed by atoms with E-state index in [9.17, 15) is 38.4 Å². The summed E-state index contributed by atoms with van der Waals surface area (Å²) < 4.78 is 61.6. The number of hydrogen-bond acceptors (Lipinski definition) is 24. The molecule has 0 saturated heterocycles. The maximum Gasteiger partial charge on any atom is 0.335 e. The molecule has 0 N–H and O–H groups in total. The minimum atomic E-state index is -0.494. The van der Waals surface area contributed by atoms with Crippen LogP contribution in [0.3, 0.4) is 0 Å². The first kappa shape index (κ1) is 101. The number of ether oxygens (including phenoxy) is 12. The fraction of sp³-hybridized carbons (Fsp3) is 0.256. The Balaban J connectivity index is 0. The third kappa shape index (κ3) is 36.0. The third-order valence-corrected chi connectivity index (χ3v) is 17.4. The van der Waals surface area contributed by atoms with Crippen LogP contribution >= 0.6 is 45.3 Å². The summed E-state index contributed by atoms with van der Waals surface area (Å²) in [6.45, 7) is 41.2. The van der Waals surface area contributed by atoms with Crippen molar-refractivity contribution >= 4 is 93.1 Å². The second kappa shape index (κ2) is 51.8. The van der Waals surface area contributed by atoms with Crippen LogP contribution in [0.4, 0.5) is 0 Å². The van der Waals surface area contributed by atoms with Gasteiger partial charge in [-0.1, -0.05) is 168 Å². The van der Waals surface area contributed by atoms with Gasteiger partial charge in [-0.2, -0.15) is 0 Å². The van der Waals surface area contributed by atoms with Crippen molar-refractivity contribution in [3.63, 3.8) is 0 Å². The molecule has 8 rings (SSSR count). The highest BCUT2D eigenvalue weighted by atomic mass is 32.1. The Bertz CT molecular complexity index is 4390. The zero-order valence-electron chi connectivity index (χ0n) is 59.0. The van der Waals surface area contributed by atoms with Gasteiger partial charge >= 0.3 is 47.8 Å². The predicted molar refractivity (Wildman–Crippen MR) is 443 cm³/mol. The highest BCUT2D eigenvalue weighted by Gasteiger charge is 2.14. The van der Waals surface area contributed by atoms with Gasteiger partial charge in [0.1, 0.15) is 37.9 Å². The molecule has 0 aliphatic carbocycles. The molecule has 8 aromatic rings. The van der Waals surface area contributed by atoms with Crippen molar-refractivity contribution in [2.75, 3.05) is 27.2 Å². The van der Waals surface area contributed by atoms with E-state index in [0.29, 0.717) is 66.2 Å². The van der Waals surface area contributed by atoms with Crippen LogP contribution in [-0.2, 0) is 103 Å². The Morgan fingerprint density at radius 2 is 0.455 bits per heavy atom.